The van der Waals surface area contributed by atoms with Crippen molar-refractivity contribution in [3.8, 4) is 11.5 Å². The van der Waals surface area contributed by atoms with Crippen molar-refractivity contribution in [2.24, 2.45) is 5.29 Å². The van der Waals surface area contributed by atoms with Crippen LogP contribution >= 0.6 is 0 Å². The van der Waals surface area contributed by atoms with E-state index in [1.165, 1.54) is 5.01 Å². The van der Waals surface area contributed by atoms with Gasteiger partial charge in [-0.3, -0.25) is 5.01 Å². The van der Waals surface area contributed by atoms with Crippen LogP contribution in [0.3, 0.4) is 0 Å². The molecular weight excluding hydrogens is 272 g/mol. The number of benzene rings is 1. The number of hydrogen-bond acceptors (Lipinski definition) is 5. The van der Waals surface area contributed by atoms with E-state index in [4.69, 9.17) is 9.47 Å². The molecule has 0 amide bonds. The summed E-state index contributed by atoms with van der Waals surface area (Å²) < 4.78 is 11.0. The Labute approximate surface area is 124 Å². The van der Waals surface area contributed by atoms with Crippen molar-refractivity contribution < 1.29 is 14.6 Å². The fraction of sp³-hybridized carbons (Fsp3) is 0.467. The van der Waals surface area contributed by atoms with Crippen LogP contribution in [-0.2, 0) is 0 Å². The highest BCUT2D eigenvalue weighted by atomic mass is 16.5. The zero-order chi connectivity index (χ0) is 15.7. The Kier molecular flexibility index (Phi) is 7.25. The van der Waals surface area contributed by atoms with Gasteiger partial charge in [0.1, 0.15) is 19.3 Å². The standard InChI is InChI=1S/C15H22N2O4/c1-4-9-20-14-7-5-6-8-15(14)21-11-13(18)10-17(16-19)12(2)3/h4-8,12-13,18H,1,9-11H2,2-3H3. The van der Waals surface area contributed by atoms with Crippen LogP contribution in [0, 0.1) is 4.91 Å². The fourth-order valence-corrected chi connectivity index (χ4v) is 1.63. The molecule has 1 atom stereocenters. The van der Waals surface area contributed by atoms with Crippen molar-refractivity contribution in [2.45, 2.75) is 26.0 Å². The van der Waals surface area contributed by atoms with Crippen LogP contribution in [0.15, 0.2) is 42.2 Å². The number of rotatable bonds is 10. The molecule has 21 heavy (non-hydrogen) atoms. The zero-order valence-electron chi connectivity index (χ0n) is 12.4. The van der Waals surface area contributed by atoms with Gasteiger partial charge in [-0.1, -0.05) is 24.8 Å². The summed E-state index contributed by atoms with van der Waals surface area (Å²) in [4.78, 5) is 10.6. The van der Waals surface area contributed by atoms with Gasteiger partial charge in [-0.15, -0.1) is 4.91 Å². The molecule has 1 N–H and O–H groups in total. The highest BCUT2D eigenvalue weighted by molar-refractivity contribution is 5.39. The van der Waals surface area contributed by atoms with Crippen molar-refractivity contribution >= 4 is 0 Å². The van der Waals surface area contributed by atoms with Crippen molar-refractivity contribution in [3.63, 3.8) is 0 Å². The first-order valence-electron chi connectivity index (χ1n) is 6.82. The van der Waals surface area contributed by atoms with Gasteiger partial charge in [0, 0.05) is 6.04 Å². The molecule has 6 nitrogen and oxygen atoms in total. The number of hydrogen-bond donors (Lipinski definition) is 1. The molecule has 0 saturated heterocycles. The summed E-state index contributed by atoms with van der Waals surface area (Å²) >= 11 is 0. The van der Waals surface area contributed by atoms with E-state index in [-0.39, 0.29) is 19.2 Å². The molecule has 1 aromatic carbocycles. The Morgan fingerprint density at radius 3 is 2.48 bits per heavy atom. The first-order valence-corrected chi connectivity index (χ1v) is 6.82. The lowest BCUT2D eigenvalue weighted by molar-refractivity contribution is 0.0570. The summed E-state index contributed by atoms with van der Waals surface area (Å²) in [7, 11) is 0. The number of aliphatic hydroxyl groups excluding tert-OH is 1. The third kappa shape index (κ3) is 5.83. The molecule has 0 aliphatic rings. The lowest BCUT2D eigenvalue weighted by Crippen LogP contribution is -2.36. The normalized spacial score (nSPS) is 11.8. The third-order valence-corrected chi connectivity index (χ3v) is 2.74. The number of nitrogens with zero attached hydrogens (tertiary/aromatic N) is 2. The Bertz CT molecular complexity index is 451. The van der Waals surface area contributed by atoms with Crippen molar-refractivity contribution in [1.29, 1.82) is 0 Å². The van der Waals surface area contributed by atoms with E-state index in [0.29, 0.717) is 18.1 Å². The molecule has 0 saturated carbocycles. The second kappa shape index (κ2) is 8.97. The van der Waals surface area contributed by atoms with E-state index in [0.717, 1.165) is 0 Å². The van der Waals surface area contributed by atoms with Gasteiger partial charge in [-0.05, 0) is 26.0 Å². The van der Waals surface area contributed by atoms with E-state index in [1.807, 2.05) is 26.0 Å². The molecule has 0 radical (unpaired) electrons. The van der Waals surface area contributed by atoms with Crippen LogP contribution < -0.4 is 9.47 Å². The molecule has 0 spiro atoms. The van der Waals surface area contributed by atoms with E-state index in [2.05, 4.69) is 11.9 Å². The Hall–Kier alpha value is -2.08. The SMILES string of the molecule is C=CCOc1ccccc1OCC(O)CN(N=O)C(C)C. The van der Waals surface area contributed by atoms with E-state index < -0.39 is 6.10 Å². The molecule has 0 fully saturated rings. The predicted molar refractivity (Wildman–Crippen MR) is 81.3 cm³/mol. The molecule has 1 rings (SSSR count). The first kappa shape index (κ1) is 17.0. The topological polar surface area (TPSA) is 71.4 Å². The largest absolute Gasteiger partial charge is 0.487 e. The minimum absolute atomic E-state index is 0.0488. The quantitative estimate of drug-likeness (QED) is 0.407. The van der Waals surface area contributed by atoms with Crippen LogP contribution in [0.1, 0.15) is 13.8 Å². The van der Waals surface area contributed by atoms with Crippen molar-refractivity contribution in [3.05, 3.63) is 41.8 Å². The molecule has 116 valence electrons. The molecule has 1 aromatic rings. The number of aliphatic hydroxyl groups is 1. The monoisotopic (exact) mass is 294 g/mol. The van der Waals surface area contributed by atoms with Gasteiger partial charge in [-0.2, -0.15) is 0 Å². The van der Waals surface area contributed by atoms with Gasteiger partial charge in [0.05, 0.1) is 11.8 Å². The maximum Gasteiger partial charge on any atom is 0.161 e. The van der Waals surface area contributed by atoms with Crippen molar-refractivity contribution in [2.75, 3.05) is 19.8 Å². The summed E-state index contributed by atoms with van der Waals surface area (Å²) in [5.41, 5.74) is 0. The lowest BCUT2D eigenvalue weighted by Gasteiger charge is -2.22. The first-order chi connectivity index (χ1) is 10.1. The number of nitroso groups, excluding NO2 is 1. The number of ether oxygens (including phenoxy) is 2. The Morgan fingerprint density at radius 1 is 1.33 bits per heavy atom. The van der Waals surface area contributed by atoms with E-state index >= 15 is 0 Å². The van der Waals surface area contributed by atoms with Crippen LogP contribution in [0.5, 0.6) is 11.5 Å². The maximum absolute atomic E-state index is 10.6. The minimum atomic E-state index is -0.822. The van der Waals surface area contributed by atoms with Gasteiger partial charge < -0.3 is 14.6 Å². The van der Waals surface area contributed by atoms with Crippen LogP contribution in [0.2, 0.25) is 0 Å². The minimum Gasteiger partial charge on any atom is -0.487 e. The highest BCUT2D eigenvalue weighted by Gasteiger charge is 2.15. The molecule has 0 aliphatic carbocycles. The molecule has 0 aliphatic heterocycles. The lowest BCUT2D eigenvalue weighted by atomic mass is 10.3. The molecule has 1 unspecified atom stereocenters. The second-order valence-corrected chi connectivity index (χ2v) is 4.81. The average Bonchev–Trinajstić information content (AvgIpc) is 2.48. The average molecular weight is 294 g/mol. The van der Waals surface area contributed by atoms with E-state index in [1.54, 1.807) is 18.2 Å². The fourth-order valence-electron chi connectivity index (χ4n) is 1.63. The summed E-state index contributed by atoms with van der Waals surface area (Å²) in [6, 6.07) is 7.11. The van der Waals surface area contributed by atoms with Gasteiger partial charge in [0.15, 0.2) is 11.5 Å². The molecule has 0 aromatic heterocycles. The van der Waals surface area contributed by atoms with Crippen LogP contribution in [0.4, 0.5) is 0 Å². The molecule has 0 bridgehead atoms. The van der Waals surface area contributed by atoms with Crippen LogP contribution in [-0.4, -0.2) is 42.0 Å². The highest BCUT2D eigenvalue weighted by Crippen LogP contribution is 2.26. The molecular formula is C15H22N2O4. The number of para-hydroxylation sites is 2. The smallest absolute Gasteiger partial charge is 0.161 e. The second-order valence-electron chi connectivity index (χ2n) is 4.81. The zero-order valence-corrected chi connectivity index (χ0v) is 12.4. The summed E-state index contributed by atoms with van der Waals surface area (Å²) in [5, 5.41) is 14.0. The Balaban J connectivity index is 2.54. The molecule has 0 heterocycles. The van der Waals surface area contributed by atoms with Gasteiger partial charge in [0.25, 0.3) is 0 Å². The Morgan fingerprint density at radius 2 is 1.95 bits per heavy atom. The summed E-state index contributed by atoms with van der Waals surface area (Å²) in [5.74, 6) is 1.12. The summed E-state index contributed by atoms with van der Waals surface area (Å²) in [6.45, 7) is 7.79. The summed E-state index contributed by atoms with van der Waals surface area (Å²) in [6.07, 6.45) is 0.819. The van der Waals surface area contributed by atoms with Gasteiger partial charge in [-0.25, -0.2) is 0 Å². The van der Waals surface area contributed by atoms with E-state index in [9.17, 15) is 10.0 Å². The van der Waals surface area contributed by atoms with Gasteiger partial charge >= 0.3 is 0 Å². The van der Waals surface area contributed by atoms with Crippen LogP contribution in [0.25, 0.3) is 0 Å². The third-order valence-electron chi connectivity index (χ3n) is 2.74. The van der Waals surface area contributed by atoms with Gasteiger partial charge in [0.2, 0.25) is 0 Å². The van der Waals surface area contributed by atoms with Crippen molar-refractivity contribution in [1.82, 2.24) is 5.01 Å². The molecule has 6 heteroatoms. The maximum atomic E-state index is 10.6. The predicted octanol–water partition coefficient (Wildman–Crippen LogP) is 2.38.